The Hall–Kier alpha value is -1.99. The van der Waals surface area contributed by atoms with Gasteiger partial charge >= 0.3 is 5.63 Å². The molecule has 0 bridgehead atoms. The van der Waals surface area contributed by atoms with Crippen LogP contribution in [0, 0.1) is 0 Å². The third kappa shape index (κ3) is 6.51. The van der Waals surface area contributed by atoms with Crippen LogP contribution in [-0.4, -0.2) is 64.3 Å². The van der Waals surface area contributed by atoms with Crippen LogP contribution in [0.1, 0.15) is 0 Å². The average molecular weight is 443 g/mol. The van der Waals surface area contributed by atoms with Gasteiger partial charge in [-0.2, -0.15) is 0 Å². The van der Waals surface area contributed by atoms with Crippen molar-refractivity contribution in [3.63, 3.8) is 0 Å². The number of benzene rings is 2. The Kier molecular flexibility index (Phi) is 9.73. The maximum absolute atomic E-state index is 12.5. The van der Waals surface area contributed by atoms with E-state index in [4.69, 9.17) is 13.9 Å². The van der Waals surface area contributed by atoms with Gasteiger partial charge in [0, 0.05) is 29.9 Å². The first kappa shape index (κ1) is 25.0. The van der Waals surface area contributed by atoms with Gasteiger partial charge in [0.1, 0.15) is 30.3 Å². The standard InChI is InChI=1S/C21H26N2O4.2ClH/c1-22(2)9-11-25-15-5-7-17-18-8-6-16(26-12-10-23(3)4)14-20(18)27-21(24)19(17)13-15;;/h5-8,13-14H,9-12H2,1-4H3;2*1H. The highest BCUT2D eigenvalue weighted by Crippen LogP contribution is 2.28. The molecule has 160 valence electrons. The quantitative estimate of drug-likeness (QED) is 0.391. The maximum Gasteiger partial charge on any atom is 0.344 e. The van der Waals surface area contributed by atoms with Crippen LogP contribution in [0.5, 0.6) is 11.5 Å². The molecule has 0 atom stereocenters. The molecule has 29 heavy (non-hydrogen) atoms. The summed E-state index contributed by atoms with van der Waals surface area (Å²) in [6, 6.07) is 11.1. The molecule has 0 spiro atoms. The summed E-state index contributed by atoms with van der Waals surface area (Å²) in [6.45, 7) is 2.76. The Morgan fingerprint density at radius 2 is 1.28 bits per heavy atom. The second-order valence-electron chi connectivity index (χ2n) is 7.06. The van der Waals surface area contributed by atoms with Gasteiger partial charge in [-0.25, -0.2) is 4.79 Å². The van der Waals surface area contributed by atoms with Crippen molar-refractivity contribution in [2.45, 2.75) is 0 Å². The van der Waals surface area contributed by atoms with Crippen LogP contribution < -0.4 is 15.1 Å². The smallest absolute Gasteiger partial charge is 0.344 e. The minimum Gasteiger partial charge on any atom is -0.492 e. The second kappa shape index (κ2) is 11.3. The molecule has 0 radical (unpaired) electrons. The van der Waals surface area contributed by atoms with Crippen LogP contribution in [0.25, 0.3) is 21.7 Å². The van der Waals surface area contributed by atoms with Gasteiger partial charge in [-0.05, 0) is 58.5 Å². The molecule has 1 aromatic heterocycles. The Labute approximate surface area is 183 Å². The monoisotopic (exact) mass is 442 g/mol. The summed E-state index contributed by atoms with van der Waals surface area (Å²) in [5.41, 5.74) is 0.150. The molecule has 1 heterocycles. The maximum atomic E-state index is 12.5. The Morgan fingerprint density at radius 3 is 1.83 bits per heavy atom. The van der Waals surface area contributed by atoms with Crippen molar-refractivity contribution in [1.29, 1.82) is 0 Å². The van der Waals surface area contributed by atoms with Gasteiger partial charge in [-0.1, -0.05) is 0 Å². The van der Waals surface area contributed by atoms with E-state index in [2.05, 4.69) is 0 Å². The summed E-state index contributed by atoms with van der Waals surface area (Å²) in [6.07, 6.45) is 0. The molecule has 8 heteroatoms. The topological polar surface area (TPSA) is 55.1 Å². The highest BCUT2D eigenvalue weighted by atomic mass is 35.5. The molecule has 0 amide bonds. The minimum atomic E-state index is -0.374. The third-order valence-electron chi connectivity index (χ3n) is 4.27. The van der Waals surface area contributed by atoms with E-state index in [1.54, 1.807) is 12.1 Å². The van der Waals surface area contributed by atoms with E-state index in [-0.39, 0.29) is 30.4 Å². The van der Waals surface area contributed by atoms with E-state index in [1.807, 2.05) is 62.3 Å². The van der Waals surface area contributed by atoms with Gasteiger partial charge < -0.3 is 23.7 Å². The fourth-order valence-corrected chi connectivity index (χ4v) is 2.76. The van der Waals surface area contributed by atoms with Crippen molar-refractivity contribution in [2.24, 2.45) is 0 Å². The number of ether oxygens (including phenoxy) is 2. The number of rotatable bonds is 8. The lowest BCUT2D eigenvalue weighted by atomic mass is 10.1. The van der Waals surface area contributed by atoms with Crippen molar-refractivity contribution < 1.29 is 13.9 Å². The van der Waals surface area contributed by atoms with Crippen molar-refractivity contribution in [3.8, 4) is 11.5 Å². The summed E-state index contributed by atoms with van der Waals surface area (Å²) in [4.78, 5) is 16.6. The molecular weight excluding hydrogens is 415 g/mol. The molecule has 3 aromatic rings. The molecule has 0 saturated carbocycles. The molecule has 0 aliphatic heterocycles. The number of hydrogen-bond donors (Lipinski definition) is 0. The summed E-state index contributed by atoms with van der Waals surface area (Å²) in [5.74, 6) is 1.36. The molecule has 0 saturated heterocycles. The van der Waals surface area contributed by atoms with Gasteiger partial charge in [0.15, 0.2) is 0 Å². The van der Waals surface area contributed by atoms with Crippen LogP contribution in [0.2, 0.25) is 0 Å². The summed E-state index contributed by atoms with van der Waals surface area (Å²) in [7, 11) is 7.97. The summed E-state index contributed by atoms with van der Waals surface area (Å²) < 4.78 is 17.0. The first-order chi connectivity index (χ1) is 12.9. The predicted molar refractivity (Wildman–Crippen MR) is 123 cm³/mol. The van der Waals surface area contributed by atoms with E-state index in [9.17, 15) is 4.79 Å². The van der Waals surface area contributed by atoms with Crippen LogP contribution in [0.4, 0.5) is 0 Å². The Morgan fingerprint density at radius 1 is 0.759 bits per heavy atom. The van der Waals surface area contributed by atoms with Gasteiger partial charge in [0.2, 0.25) is 0 Å². The molecule has 3 rings (SSSR count). The number of hydrogen-bond acceptors (Lipinski definition) is 6. The Bertz CT molecular complexity index is 989. The van der Waals surface area contributed by atoms with Gasteiger partial charge in [-0.15, -0.1) is 24.8 Å². The number of likely N-dealkylation sites (N-methyl/N-ethyl adjacent to an activating group) is 2. The zero-order valence-corrected chi connectivity index (χ0v) is 18.8. The highest BCUT2D eigenvalue weighted by Gasteiger charge is 2.10. The predicted octanol–water partition coefficient (Wildman–Crippen LogP) is 3.67. The lowest BCUT2D eigenvalue weighted by molar-refractivity contribution is 0.261. The number of fused-ring (bicyclic) bond motifs is 3. The molecule has 0 aliphatic carbocycles. The third-order valence-corrected chi connectivity index (χ3v) is 4.27. The Balaban J connectivity index is 0.00000210. The van der Waals surface area contributed by atoms with Gasteiger partial charge in [0.05, 0.1) is 5.39 Å². The minimum absolute atomic E-state index is 0. The van der Waals surface area contributed by atoms with E-state index < -0.39 is 0 Å². The second-order valence-corrected chi connectivity index (χ2v) is 7.06. The van der Waals surface area contributed by atoms with Crippen LogP contribution >= 0.6 is 24.8 Å². The van der Waals surface area contributed by atoms with Crippen molar-refractivity contribution in [3.05, 3.63) is 46.8 Å². The fraction of sp³-hybridized carbons (Fsp3) is 0.381. The molecule has 6 nitrogen and oxygen atoms in total. The van der Waals surface area contributed by atoms with E-state index in [1.165, 1.54) is 0 Å². The van der Waals surface area contributed by atoms with Crippen molar-refractivity contribution >= 4 is 46.6 Å². The molecule has 0 unspecified atom stereocenters. The van der Waals surface area contributed by atoms with Crippen LogP contribution in [0.3, 0.4) is 0 Å². The highest BCUT2D eigenvalue weighted by molar-refractivity contribution is 6.04. The van der Waals surface area contributed by atoms with Crippen molar-refractivity contribution in [2.75, 3.05) is 54.5 Å². The first-order valence-electron chi connectivity index (χ1n) is 9.00. The zero-order valence-electron chi connectivity index (χ0n) is 17.1. The fourth-order valence-electron chi connectivity index (χ4n) is 2.76. The van der Waals surface area contributed by atoms with Crippen molar-refractivity contribution in [1.82, 2.24) is 9.80 Å². The van der Waals surface area contributed by atoms with E-state index in [0.717, 1.165) is 23.9 Å². The number of halogens is 2. The number of nitrogens with zero attached hydrogens (tertiary/aromatic N) is 2. The molecule has 0 aliphatic rings. The molecule has 0 N–H and O–H groups in total. The van der Waals surface area contributed by atoms with E-state index >= 15 is 0 Å². The lowest BCUT2D eigenvalue weighted by Gasteiger charge is -2.12. The summed E-state index contributed by atoms with van der Waals surface area (Å²) >= 11 is 0. The average Bonchev–Trinajstić information content (AvgIpc) is 2.61. The normalized spacial score (nSPS) is 10.8. The molecule has 2 aromatic carbocycles. The van der Waals surface area contributed by atoms with Crippen LogP contribution in [-0.2, 0) is 0 Å². The van der Waals surface area contributed by atoms with Gasteiger partial charge in [-0.3, -0.25) is 0 Å². The summed E-state index contributed by atoms with van der Waals surface area (Å²) in [5, 5.41) is 2.25. The molecule has 0 fully saturated rings. The SMILES string of the molecule is CN(C)CCOc1ccc2c(c1)oc(=O)c1cc(OCCN(C)C)ccc12.Cl.Cl. The zero-order chi connectivity index (χ0) is 19.4. The lowest BCUT2D eigenvalue weighted by Crippen LogP contribution is -2.19. The van der Waals surface area contributed by atoms with E-state index in [0.29, 0.717) is 35.7 Å². The molecular formula is C21H28Cl2N2O4. The first-order valence-corrected chi connectivity index (χ1v) is 9.00. The van der Waals surface area contributed by atoms with Gasteiger partial charge in [0.25, 0.3) is 0 Å². The largest absolute Gasteiger partial charge is 0.492 e. The van der Waals surface area contributed by atoms with Crippen LogP contribution in [0.15, 0.2) is 45.6 Å².